The van der Waals surface area contributed by atoms with Crippen molar-refractivity contribution < 1.29 is 33.4 Å². The van der Waals surface area contributed by atoms with Crippen molar-refractivity contribution >= 4 is 29.4 Å². The van der Waals surface area contributed by atoms with Gasteiger partial charge in [0.2, 0.25) is 0 Å². The number of halogens is 1. The first-order valence-corrected chi connectivity index (χ1v) is 9.27. The van der Waals surface area contributed by atoms with Gasteiger partial charge in [-0.25, -0.2) is 9.18 Å². The molecule has 0 radical (unpaired) electrons. The maximum absolute atomic E-state index is 12.4. The van der Waals surface area contributed by atoms with Crippen molar-refractivity contribution in [3.05, 3.63) is 29.8 Å². The predicted molar refractivity (Wildman–Crippen MR) is 105 cm³/mol. The molecular weight excluding hydrogens is 383 g/mol. The largest absolute Gasteiger partial charge is 0.481 e. The average molecular weight is 410 g/mol. The Labute approximate surface area is 169 Å². The van der Waals surface area contributed by atoms with Crippen molar-refractivity contribution in [1.82, 2.24) is 5.32 Å². The summed E-state index contributed by atoms with van der Waals surface area (Å²) in [5, 5.41) is 10.7. The second-order valence-corrected chi connectivity index (χ2v) is 7.13. The number of hydrogen-bond donors (Lipinski definition) is 2. The summed E-state index contributed by atoms with van der Waals surface area (Å²) in [5.74, 6) is -2.47. The third kappa shape index (κ3) is 8.28. The third-order valence-corrected chi connectivity index (χ3v) is 3.67. The number of aliphatic carboxylic acids is 1. The van der Waals surface area contributed by atoms with Crippen molar-refractivity contribution in [2.24, 2.45) is 5.92 Å². The van der Waals surface area contributed by atoms with Crippen molar-refractivity contribution in [2.75, 3.05) is 24.7 Å². The molecule has 29 heavy (non-hydrogen) atoms. The Bertz CT molecular complexity index is 735. The monoisotopic (exact) mass is 410 g/mol. The predicted octanol–water partition coefficient (Wildman–Crippen LogP) is 2.35. The summed E-state index contributed by atoms with van der Waals surface area (Å²) >= 11 is 0. The van der Waals surface area contributed by atoms with Gasteiger partial charge in [0.05, 0.1) is 12.1 Å². The van der Waals surface area contributed by atoms with Crippen LogP contribution < -0.4 is 10.2 Å². The Morgan fingerprint density at radius 3 is 2.41 bits per heavy atom. The SMILES string of the molecule is CC(C)C.O=C(O)CC(NC(=O)COC(=O)N1CCc2ccccc21)C(=O)CF. The smallest absolute Gasteiger partial charge is 0.414 e. The fourth-order valence-electron chi connectivity index (χ4n) is 2.48. The summed E-state index contributed by atoms with van der Waals surface area (Å²) in [7, 11) is 0. The van der Waals surface area contributed by atoms with E-state index < -0.39 is 49.5 Å². The van der Waals surface area contributed by atoms with Crippen molar-refractivity contribution in [3.63, 3.8) is 0 Å². The number of nitrogens with zero attached hydrogens (tertiary/aromatic N) is 1. The van der Waals surface area contributed by atoms with Gasteiger partial charge in [0, 0.05) is 6.54 Å². The van der Waals surface area contributed by atoms with E-state index in [-0.39, 0.29) is 0 Å². The van der Waals surface area contributed by atoms with E-state index in [1.165, 1.54) is 4.90 Å². The number of anilines is 1. The molecule has 1 aromatic rings. The summed E-state index contributed by atoms with van der Waals surface area (Å²) in [6, 6.07) is 5.77. The van der Waals surface area contributed by atoms with Gasteiger partial charge in [-0.15, -0.1) is 0 Å². The van der Waals surface area contributed by atoms with E-state index in [2.05, 4.69) is 26.1 Å². The normalized spacial score (nSPS) is 13.1. The van der Waals surface area contributed by atoms with E-state index in [0.29, 0.717) is 18.7 Å². The highest BCUT2D eigenvalue weighted by atomic mass is 19.1. The van der Waals surface area contributed by atoms with Crippen molar-refractivity contribution in [2.45, 2.75) is 39.7 Å². The molecule has 1 aliphatic rings. The van der Waals surface area contributed by atoms with Crippen LogP contribution >= 0.6 is 0 Å². The number of ketones is 1. The molecule has 0 aliphatic carbocycles. The minimum absolute atomic E-state index is 0.418. The highest BCUT2D eigenvalue weighted by Crippen LogP contribution is 2.27. The molecular formula is C20H27FN2O6. The van der Waals surface area contributed by atoms with Crippen LogP contribution in [0.2, 0.25) is 0 Å². The minimum Gasteiger partial charge on any atom is -0.481 e. The van der Waals surface area contributed by atoms with E-state index in [1.807, 2.05) is 12.1 Å². The van der Waals surface area contributed by atoms with E-state index in [4.69, 9.17) is 9.84 Å². The number of carbonyl (C=O) groups is 4. The molecule has 0 saturated heterocycles. The van der Waals surface area contributed by atoms with Crippen LogP contribution in [0.4, 0.5) is 14.9 Å². The topological polar surface area (TPSA) is 113 Å². The number of benzene rings is 1. The number of nitrogens with one attached hydrogen (secondary N) is 1. The number of amides is 2. The summed E-state index contributed by atoms with van der Waals surface area (Å²) in [6.45, 7) is 4.82. The Morgan fingerprint density at radius 2 is 1.83 bits per heavy atom. The van der Waals surface area contributed by atoms with Gasteiger partial charge in [-0.05, 0) is 24.0 Å². The zero-order chi connectivity index (χ0) is 22.0. The van der Waals surface area contributed by atoms with Gasteiger partial charge in [-0.3, -0.25) is 19.3 Å². The second-order valence-electron chi connectivity index (χ2n) is 7.13. The maximum Gasteiger partial charge on any atom is 0.414 e. The van der Waals surface area contributed by atoms with Crippen LogP contribution in [-0.4, -0.2) is 54.7 Å². The van der Waals surface area contributed by atoms with E-state index in [9.17, 15) is 23.6 Å². The molecule has 2 amide bonds. The number of fused-ring (bicyclic) bond motifs is 1. The number of carbonyl (C=O) groups excluding carboxylic acids is 3. The van der Waals surface area contributed by atoms with Gasteiger partial charge < -0.3 is 15.2 Å². The Kier molecular flexibility index (Phi) is 9.78. The van der Waals surface area contributed by atoms with Gasteiger partial charge in [0.25, 0.3) is 5.91 Å². The lowest BCUT2D eigenvalue weighted by Gasteiger charge is -2.18. The zero-order valence-corrected chi connectivity index (χ0v) is 16.8. The fourth-order valence-corrected chi connectivity index (χ4v) is 2.48. The Hall–Kier alpha value is -2.97. The van der Waals surface area contributed by atoms with Crippen LogP contribution in [0.15, 0.2) is 24.3 Å². The molecule has 2 rings (SSSR count). The molecule has 1 unspecified atom stereocenters. The molecule has 0 spiro atoms. The second kappa shape index (κ2) is 11.8. The molecule has 0 aromatic heterocycles. The van der Waals surface area contributed by atoms with Gasteiger partial charge in [-0.1, -0.05) is 39.0 Å². The number of ether oxygens (including phenoxy) is 1. The molecule has 160 valence electrons. The van der Waals surface area contributed by atoms with Crippen molar-refractivity contribution in [3.8, 4) is 0 Å². The number of Topliss-reactive ketones (excluding diaryl/α,β-unsaturated/α-hetero) is 1. The first kappa shape index (κ1) is 24.1. The Morgan fingerprint density at radius 1 is 1.21 bits per heavy atom. The van der Waals surface area contributed by atoms with Crippen LogP contribution in [0.3, 0.4) is 0 Å². The van der Waals surface area contributed by atoms with E-state index in [1.54, 1.807) is 12.1 Å². The van der Waals surface area contributed by atoms with Crippen LogP contribution in [0.1, 0.15) is 32.8 Å². The molecule has 1 atom stereocenters. The molecule has 1 aliphatic heterocycles. The van der Waals surface area contributed by atoms with E-state index in [0.717, 1.165) is 11.5 Å². The maximum atomic E-state index is 12.4. The summed E-state index contributed by atoms with van der Waals surface area (Å²) < 4.78 is 17.3. The van der Waals surface area contributed by atoms with Crippen molar-refractivity contribution in [1.29, 1.82) is 0 Å². The third-order valence-electron chi connectivity index (χ3n) is 3.67. The first-order chi connectivity index (χ1) is 13.6. The number of rotatable bonds is 7. The summed E-state index contributed by atoms with van der Waals surface area (Å²) in [6.07, 6.45) is -0.808. The molecule has 2 N–H and O–H groups in total. The molecule has 0 bridgehead atoms. The van der Waals surface area contributed by atoms with Gasteiger partial charge in [-0.2, -0.15) is 0 Å². The number of para-hydroxylation sites is 1. The highest BCUT2D eigenvalue weighted by molar-refractivity contribution is 5.94. The highest BCUT2D eigenvalue weighted by Gasteiger charge is 2.27. The molecule has 1 heterocycles. The zero-order valence-electron chi connectivity index (χ0n) is 16.8. The molecule has 1 aromatic carbocycles. The lowest BCUT2D eigenvalue weighted by molar-refractivity contribution is -0.140. The lowest BCUT2D eigenvalue weighted by Crippen LogP contribution is -2.45. The summed E-state index contributed by atoms with van der Waals surface area (Å²) in [5.41, 5.74) is 1.68. The molecule has 8 nitrogen and oxygen atoms in total. The number of carboxylic acids is 1. The number of hydrogen-bond acceptors (Lipinski definition) is 5. The molecule has 9 heteroatoms. The van der Waals surface area contributed by atoms with Crippen LogP contribution in [0.5, 0.6) is 0 Å². The quantitative estimate of drug-likeness (QED) is 0.713. The Balaban J connectivity index is 0.000000960. The molecule has 0 saturated carbocycles. The van der Waals surface area contributed by atoms with Crippen LogP contribution in [0.25, 0.3) is 0 Å². The fraction of sp³-hybridized carbons (Fsp3) is 0.500. The van der Waals surface area contributed by atoms with Gasteiger partial charge >= 0.3 is 12.1 Å². The van der Waals surface area contributed by atoms with E-state index >= 15 is 0 Å². The number of carboxylic acid groups (broad SMARTS) is 1. The first-order valence-electron chi connectivity index (χ1n) is 9.27. The van der Waals surface area contributed by atoms with Crippen LogP contribution in [0, 0.1) is 5.92 Å². The van der Waals surface area contributed by atoms with Gasteiger partial charge in [0.1, 0.15) is 12.7 Å². The summed E-state index contributed by atoms with van der Waals surface area (Å²) in [4.78, 5) is 47.1. The standard InChI is InChI=1S/C16H17FN2O6.C4H10/c17-8-13(20)11(7-15(22)23)18-14(21)9-25-16(24)19-6-5-10-3-1-2-4-12(10)19;1-4(2)3/h1-4,11H,5-9H2,(H,18,21)(H,22,23);4H,1-3H3. The average Bonchev–Trinajstić information content (AvgIpc) is 3.08. The van der Waals surface area contributed by atoms with Gasteiger partial charge in [0.15, 0.2) is 12.4 Å². The lowest BCUT2D eigenvalue weighted by atomic mass is 10.1. The van der Waals surface area contributed by atoms with Crippen LogP contribution in [-0.2, 0) is 25.5 Å². The molecule has 0 fully saturated rings. The number of alkyl halides is 1. The minimum atomic E-state index is -1.50.